The third kappa shape index (κ3) is 2.58. The Morgan fingerprint density at radius 2 is 2.00 bits per heavy atom. The van der Waals surface area contributed by atoms with Gasteiger partial charge < -0.3 is 9.84 Å². The van der Waals surface area contributed by atoms with E-state index >= 15 is 0 Å². The Hall–Kier alpha value is -0.860. The summed E-state index contributed by atoms with van der Waals surface area (Å²) in [6, 6.07) is 10.3. The first-order valence-corrected chi connectivity index (χ1v) is 5.51. The number of ether oxygens (including phenoxy) is 1. The van der Waals surface area contributed by atoms with Crippen molar-refractivity contribution >= 4 is 0 Å². The molecule has 0 unspecified atom stereocenters. The molecule has 2 rings (SSSR count). The van der Waals surface area contributed by atoms with Gasteiger partial charge in [0.25, 0.3) is 0 Å². The Kier molecular flexibility index (Phi) is 3.08. The van der Waals surface area contributed by atoms with Crippen molar-refractivity contribution in [3.63, 3.8) is 0 Å². The summed E-state index contributed by atoms with van der Waals surface area (Å²) in [5, 5.41) is 10.1. The molecule has 0 amide bonds. The van der Waals surface area contributed by atoms with Gasteiger partial charge in [-0.3, -0.25) is 0 Å². The molecule has 2 heteroatoms. The minimum atomic E-state index is -0.476. The van der Waals surface area contributed by atoms with Crippen molar-refractivity contribution in [2.45, 2.75) is 37.4 Å². The lowest BCUT2D eigenvalue weighted by Gasteiger charge is -2.42. The van der Waals surface area contributed by atoms with Crippen LogP contribution in [0, 0.1) is 0 Å². The van der Waals surface area contributed by atoms with Crippen LogP contribution in [0.2, 0.25) is 0 Å². The Morgan fingerprint density at radius 3 is 2.60 bits per heavy atom. The Bertz CT molecular complexity index is 302. The minimum Gasteiger partial charge on any atom is -0.390 e. The topological polar surface area (TPSA) is 29.5 Å². The molecule has 2 nitrogen and oxygen atoms in total. The van der Waals surface area contributed by atoms with Crippen molar-refractivity contribution in [3.8, 4) is 0 Å². The molecule has 1 aromatic rings. The lowest BCUT2D eigenvalue weighted by Crippen LogP contribution is -2.48. The normalized spacial score (nSPS) is 29.9. The molecule has 0 aromatic heterocycles. The van der Waals surface area contributed by atoms with Gasteiger partial charge in [-0.15, -0.1) is 0 Å². The van der Waals surface area contributed by atoms with Crippen LogP contribution in [0.4, 0.5) is 0 Å². The predicted octanol–water partition coefficient (Wildman–Crippen LogP) is 2.16. The number of rotatable bonds is 4. The van der Waals surface area contributed by atoms with Crippen molar-refractivity contribution < 1.29 is 9.84 Å². The molecule has 0 heterocycles. The van der Waals surface area contributed by atoms with Gasteiger partial charge in [0, 0.05) is 20.0 Å². The average molecular weight is 206 g/mol. The zero-order chi connectivity index (χ0) is 10.7. The van der Waals surface area contributed by atoms with E-state index in [4.69, 9.17) is 4.74 Å². The Morgan fingerprint density at radius 1 is 1.33 bits per heavy atom. The summed E-state index contributed by atoms with van der Waals surface area (Å²) in [5.74, 6) is 0. The zero-order valence-corrected chi connectivity index (χ0v) is 9.15. The van der Waals surface area contributed by atoms with Crippen LogP contribution in [0.3, 0.4) is 0 Å². The largest absolute Gasteiger partial charge is 0.390 e. The highest BCUT2D eigenvalue weighted by molar-refractivity contribution is 5.15. The third-order valence-corrected chi connectivity index (χ3v) is 3.27. The molecule has 0 spiro atoms. The summed E-state index contributed by atoms with van der Waals surface area (Å²) < 4.78 is 5.17. The van der Waals surface area contributed by atoms with E-state index in [1.165, 1.54) is 5.56 Å². The fraction of sp³-hybridized carbons (Fsp3) is 0.538. The molecule has 15 heavy (non-hydrogen) atoms. The molecular formula is C13H18O2. The average Bonchev–Trinajstić information content (AvgIpc) is 2.24. The molecule has 0 bridgehead atoms. The maximum Gasteiger partial charge on any atom is 0.0700 e. The Labute approximate surface area is 90.9 Å². The van der Waals surface area contributed by atoms with Crippen LogP contribution in [-0.4, -0.2) is 23.9 Å². The van der Waals surface area contributed by atoms with Gasteiger partial charge in [0.05, 0.1) is 11.7 Å². The van der Waals surface area contributed by atoms with E-state index in [-0.39, 0.29) is 6.10 Å². The molecule has 1 saturated carbocycles. The molecule has 0 saturated heterocycles. The van der Waals surface area contributed by atoms with E-state index in [1.807, 2.05) is 18.2 Å². The van der Waals surface area contributed by atoms with E-state index < -0.39 is 5.60 Å². The molecule has 0 radical (unpaired) electrons. The summed E-state index contributed by atoms with van der Waals surface area (Å²) >= 11 is 0. The summed E-state index contributed by atoms with van der Waals surface area (Å²) in [5.41, 5.74) is 0.822. The smallest absolute Gasteiger partial charge is 0.0700 e. The second-order valence-corrected chi connectivity index (χ2v) is 4.48. The first-order valence-electron chi connectivity index (χ1n) is 5.51. The SMILES string of the molecule is COC1CC(O)(CCc2ccccc2)C1. The van der Waals surface area contributed by atoms with Crippen molar-refractivity contribution in [2.75, 3.05) is 7.11 Å². The number of hydrogen-bond acceptors (Lipinski definition) is 2. The van der Waals surface area contributed by atoms with Crippen LogP contribution in [0.5, 0.6) is 0 Å². The summed E-state index contributed by atoms with van der Waals surface area (Å²) in [7, 11) is 1.71. The van der Waals surface area contributed by atoms with Gasteiger partial charge in [0.15, 0.2) is 0 Å². The van der Waals surface area contributed by atoms with E-state index in [9.17, 15) is 5.11 Å². The highest BCUT2D eigenvalue weighted by Gasteiger charge is 2.42. The first kappa shape index (κ1) is 10.7. The number of hydrogen-bond donors (Lipinski definition) is 1. The fourth-order valence-electron chi connectivity index (χ4n) is 2.18. The molecule has 1 fully saturated rings. The van der Waals surface area contributed by atoms with Gasteiger partial charge in [-0.2, -0.15) is 0 Å². The zero-order valence-electron chi connectivity index (χ0n) is 9.15. The maximum atomic E-state index is 10.1. The monoisotopic (exact) mass is 206 g/mol. The molecule has 1 aromatic carbocycles. The van der Waals surface area contributed by atoms with Crippen LogP contribution < -0.4 is 0 Å². The van der Waals surface area contributed by atoms with Gasteiger partial charge in [0.1, 0.15) is 0 Å². The number of aliphatic hydroxyl groups is 1. The van der Waals surface area contributed by atoms with Crippen molar-refractivity contribution in [1.82, 2.24) is 0 Å². The van der Waals surface area contributed by atoms with Gasteiger partial charge in [-0.1, -0.05) is 30.3 Å². The molecule has 0 atom stereocenters. The van der Waals surface area contributed by atoms with Crippen molar-refractivity contribution in [2.24, 2.45) is 0 Å². The maximum absolute atomic E-state index is 10.1. The fourth-order valence-corrected chi connectivity index (χ4v) is 2.18. The first-order chi connectivity index (χ1) is 7.22. The van der Waals surface area contributed by atoms with Crippen LogP contribution >= 0.6 is 0 Å². The molecule has 1 aliphatic carbocycles. The predicted molar refractivity (Wildman–Crippen MR) is 59.7 cm³/mol. The second-order valence-electron chi connectivity index (χ2n) is 4.48. The van der Waals surface area contributed by atoms with Crippen LogP contribution in [-0.2, 0) is 11.2 Å². The lowest BCUT2D eigenvalue weighted by atomic mass is 9.74. The third-order valence-electron chi connectivity index (χ3n) is 3.27. The van der Waals surface area contributed by atoms with Crippen molar-refractivity contribution in [1.29, 1.82) is 0 Å². The summed E-state index contributed by atoms with van der Waals surface area (Å²) in [6.45, 7) is 0. The second kappa shape index (κ2) is 4.33. The highest BCUT2D eigenvalue weighted by atomic mass is 16.5. The molecule has 1 N–H and O–H groups in total. The van der Waals surface area contributed by atoms with Crippen LogP contribution in [0.25, 0.3) is 0 Å². The number of aryl methyl sites for hydroxylation is 1. The van der Waals surface area contributed by atoms with Gasteiger partial charge >= 0.3 is 0 Å². The van der Waals surface area contributed by atoms with Gasteiger partial charge in [-0.25, -0.2) is 0 Å². The molecule has 82 valence electrons. The quantitative estimate of drug-likeness (QED) is 0.818. The van der Waals surface area contributed by atoms with Gasteiger partial charge in [-0.05, 0) is 18.4 Å². The molecular weight excluding hydrogens is 188 g/mol. The van der Waals surface area contributed by atoms with Crippen LogP contribution in [0.15, 0.2) is 30.3 Å². The summed E-state index contributed by atoms with van der Waals surface area (Å²) in [6.07, 6.45) is 3.64. The van der Waals surface area contributed by atoms with E-state index in [0.717, 1.165) is 25.7 Å². The molecule has 1 aliphatic rings. The molecule has 0 aliphatic heterocycles. The minimum absolute atomic E-state index is 0.269. The number of benzene rings is 1. The number of methoxy groups -OCH3 is 1. The Balaban J connectivity index is 1.80. The van der Waals surface area contributed by atoms with Crippen LogP contribution in [0.1, 0.15) is 24.8 Å². The van der Waals surface area contributed by atoms with E-state index in [1.54, 1.807) is 7.11 Å². The standard InChI is InChI=1S/C13H18O2/c1-15-12-9-13(14,10-12)8-7-11-5-3-2-4-6-11/h2-6,12,14H,7-10H2,1H3. The van der Waals surface area contributed by atoms with E-state index in [0.29, 0.717) is 0 Å². The summed E-state index contributed by atoms with van der Waals surface area (Å²) in [4.78, 5) is 0. The van der Waals surface area contributed by atoms with E-state index in [2.05, 4.69) is 12.1 Å². The lowest BCUT2D eigenvalue weighted by molar-refractivity contribution is -0.130. The van der Waals surface area contributed by atoms with Gasteiger partial charge in [0.2, 0.25) is 0 Å². The highest BCUT2D eigenvalue weighted by Crippen LogP contribution is 2.37. The van der Waals surface area contributed by atoms with Crippen molar-refractivity contribution in [3.05, 3.63) is 35.9 Å².